The Morgan fingerprint density at radius 3 is 2.79 bits per heavy atom. The van der Waals surface area contributed by atoms with Crippen LogP contribution in [0.2, 0.25) is 0 Å². The molecule has 0 fully saturated rings. The number of aromatic nitrogens is 2. The molecule has 1 heterocycles. The highest BCUT2D eigenvalue weighted by molar-refractivity contribution is 8.13. The fourth-order valence-corrected chi connectivity index (χ4v) is 2.19. The van der Waals surface area contributed by atoms with Crippen LogP contribution in [0.4, 0.5) is 0 Å². The molecule has 14 heavy (non-hydrogen) atoms. The third-order valence-electron chi connectivity index (χ3n) is 1.86. The summed E-state index contributed by atoms with van der Waals surface area (Å²) in [4.78, 5) is 0. The fourth-order valence-electron chi connectivity index (χ4n) is 1.30. The van der Waals surface area contributed by atoms with E-state index >= 15 is 0 Å². The molecule has 6 heteroatoms. The van der Waals surface area contributed by atoms with E-state index in [1.54, 1.807) is 12.1 Å². The molecule has 1 N–H and O–H groups in total. The van der Waals surface area contributed by atoms with Gasteiger partial charge in [-0.3, -0.25) is 5.10 Å². The molecule has 0 amide bonds. The van der Waals surface area contributed by atoms with Crippen molar-refractivity contribution >= 4 is 30.6 Å². The van der Waals surface area contributed by atoms with Crippen LogP contribution in [0.5, 0.6) is 0 Å². The van der Waals surface area contributed by atoms with Gasteiger partial charge in [-0.25, -0.2) is 8.42 Å². The maximum atomic E-state index is 10.9. The molecule has 0 aliphatic carbocycles. The molecule has 0 saturated heterocycles. The second kappa shape index (κ2) is 3.25. The van der Waals surface area contributed by atoms with Crippen LogP contribution in [0.15, 0.2) is 24.3 Å². The van der Waals surface area contributed by atoms with Gasteiger partial charge in [0.2, 0.25) is 9.05 Å². The standard InChI is InChI=1S/C8H7ClN2O2S/c9-14(12,13)5-8-6-3-1-2-4-7(6)10-11-8/h1-4H,5H2,(H,10,11). The van der Waals surface area contributed by atoms with E-state index in [1.807, 2.05) is 12.1 Å². The number of fused-ring (bicyclic) bond motifs is 1. The summed E-state index contributed by atoms with van der Waals surface area (Å²) in [6, 6.07) is 7.26. The number of rotatable bonds is 2. The zero-order valence-corrected chi connectivity index (χ0v) is 8.64. The monoisotopic (exact) mass is 230 g/mol. The molecule has 0 aliphatic rings. The predicted molar refractivity (Wildman–Crippen MR) is 54.6 cm³/mol. The molecule has 74 valence electrons. The van der Waals surface area contributed by atoms with Crippen LogP contribution in [0.1, 0.15) is 5.69 Å². The third-order valence-corrected chi connectivity index (χ3v) is 2.82. The van der Waals surface area contributed by atoms with Crippen molar-refractivity contribution in [2.24, 2.45) is 0 Å². The van der Waals surface area contributed by atoms with E-state index in [9.17, 15) is 8.42 Å². The molecule has 0 bridgehead atoms. The van der Waals surface area contributed by atoms with Gasteiger partial charge in [0.15, 0.2) is 0 Å². The molecule has 0 aliphatic heterocycles. The second-order valence-corrected chi connectivity index (χ2v) is 5.68. The van der Waals surface area contributed by atoms with Gasteiger partial charge in [0.1, 0.15) is 5.75 Å². The van der Waals surface area contributed by atoms with E-state index in [-0.39, 0.29) is 5.75 Å². The van der Waals surface area contributed by atoms with Gasteiger partial charge in [0.25, 0.3) is 0 Å². The molecule has 0 unspecified atom stereocenters. The van der Waals surface area contributed by atoms with Crippen LogP contribution in [-0.2, 0) is 14.8 Å². The van der Waals surface area contributed by atoms with Crippen LogP contribution in [0.25, 0.3) is 10.9 Å². The first-order valence-corrected chi connectivity index (χ1v) is 6.38. The van der Waals surface area contributed by atoms with Gasteiger partial charge in [0.05, 0.1) is 11.2 Å². The van der Waals surface area contributed by atoms with Gasteiger partial charge < -0.3 is 0 Å². The first-order chi connectivity index (χ1) is 6.56. The minimum Gasteiger partial charge on any atom is -0.280 e. The van der Waals surface area contributed by atoms with E-state index in [1.165, 1.54) is 0 Å². The summed E-state index contributed by atoms with van der Waals surface area (Å²) < 4.78 is 21.7. The predicted octanol–water partition coefficient (Wildman–Crippen LogP) is 1.63. The van der Waals surface area contributed by atoms with Gasteiger partial charge in [0, 0.05) is 16.1 Å². The topological polar surface area (TPSA) is 62.8 Å². The van der Waals surface area contributed by atoms with Gasteiger partial charge in [-0.1, -0.05) is 18.2 Å². The number of para-hydroxylation sites is 1. The lowest BCUT2D eigenvalue weighted by Crippen LogP contribution is -1.95. The zero-order chi connectivity index (χ0) is 10.2. The number of hydrogen-bond acceptors (Lipinski definition) is 3. The summed E-state index contributed by atoms with van der Waals surface area (Å²) in [5, 5.41) is 7.40. The first-order valence-electron chi connectivity index (χ1n) is 3.90. The van der Waals surface area contributed by atoms with E-state index in [2.05, 4.69) is 10.2 Å². The maximum absolute atomic E-state index is 10.9. The molecule has 0 radical (unpaired) electrons. The van der Waals surface area contributed by atoms with E-state index in [0.29, 0.717) is 5.69 Å². The van der Waals surface area contributed by atoms with Crippen LogP contribution in [0, 0.1) is 0 Å². The average Bonchev–Trinajstić information content (AvgIpc) is 2.47. The molecule has 0 atom stereocenters. The lowest BCUT2D eigenvalue weighted by atomic mass is 10.2. The number of hydrogen-bond donors (Lipinski definition) is 1. The summed E-state index contributed by atoms with van der Waals surface area (Å²) in [6.07, 6.45) is 0. The molecule has 2 rings (SSSR count). The smallest absolute Gasteiger partial charge is 0.238 e. The van der Waals surface area contributed by atoms with Crippen LogP contribution >= 0.6 is 10.7 Å². The van der Waals surface area contributed by atoms with Crippen molar-refractivity contribution < 1.29 is 8.42 Å². The minimum absolute atomic E-state index is 0.227. The number of H-pyrrole nitrogens is 1. The Labute approximate surface area is 85.3 Å². The largest absolute Gasteiger partial charge is 0.280 e. The molecule has 1 aromatic heterocycles. The highest BCUT2D eigenvalue weighted by atomic mass is 35.7. The van der Waals surface area contributed by atoms with Gasteiger partial charge in [-0.15, -0.1) is 0 Å². The second-order valence-electron chi connectivity index (χ2n) is 2.90. The molecule has 0 spiro atoms. The van der Waals surface area contributed by atoms with Crippen molar-refractivity contribution in [2.75, 3.05) is 0 Å². The number of aromatic amines is 1. The normalized spacial score (nSPS) is 12.1. The highest BCUT2D eigenvalue weighted by Gasteiger charge is 2.12. The molecule has 4 nitrogen and oxygen atoms in total. The molecule has 1 aromatic carbocycles. The number of halogens is 1. The van der Waals surface area contributed by atoms with E-state index in [4.69, 9.17) is 10.7 Å². The summed E-state index contributed by atoms with van der Waals surface area (Å²) in [5.74, 6) is -0.227. The summed E-state index contributed by atoms with van der Waals surface area (Å²) in [5.41, 5.74) is 1.26. The third kappa shape index (κ3) is 1.88. The van der Waals surface area contributed by atoms with Gasteiger partial charge in [-0.05, 0) is 6.07 Å². The van der Waals surface area contributed by atoms with E-state index < -0.39 is 9.05 Å². The average molecular weight is 231 g/mol. The Morgan fingerprint density at radius 2 is 2.07 bits per heavy atom. The van der Waals surface area contributed by atoms with Crippen molar-refractivity contribution in [2.45, 2.75) is 5.75 Å². The lowest BCUT2D eigenvalue weighted by Gasteiger charge is -1.93. The molecule has 2 aromatic rings. The van der Waals surface area contributed by atoms with Crippen LogP contribution < -0.4 is 0 Å². The van der Waals surface area contributed by atoms with Gasteiger partial charge >= 0.3 is 0 Å². The number of nitrogens with zero attached hydrogens (tertiary/aromatic N) is 1. The quantitative estimate of drug-likeness (QED) is 0.798. The van der Waals surface area contributed by atoms with Crippen molar-refractivity contribution in [3.8, 4) is 0 Å². The Morgan fingerprint density at radius 1 is 1.36 bits per heavy atom. The number of benzene rings is 1. The summed E-state index contributed by atoms with van der Waals surface area (Å²) in [7, 11) is 1.61. The van der Waals surface area contributed by atoms with Crippen molar-refractivity contribution in [3.63, 3.8) is 0 Å². The lowest BCUT2D eigenvalue weighted by molar-refractivity contribution is 0.608. The molecule has 0 saturated carbocycles. The molecular formula is C8H7ClN2O2S. The SMILES string of the molecule is O=S(=O)(Cl)Cc1[nH]nc2ccccc12. The summed E-state index contributed by atoms with van der Waals surface area (Å²) in [6.45, 7) is 0. The van der Waals surface area contributed by atoms with Crippen molar-refractivity contribution in [3.05, 3.63) is 30.0 Å². The maximum Gasteiger partial charge on any atom is 0.238 e. The Kier molecular flexibility index (Phi) is 2.20. The van der Waals surface area contributed by atoms with Gasteiger partial charge in [-0.2, -0.15) is 5.10 Å². The van der Waals surface area contributed by atoms with Crippen LogP contribution in [0.3, 0.4) is 0 Å². The van der Waals surface area contributed by atoms with Crippen LogP contribution in [-0.4, -0.2) is 18.6 Å². The van der Waals surface area contributed by atoms with Crippen molar-refractivity contribution in [1.82, 2.24) is 10.2 Å². The van der Waals surface area contributed by atoms with Crippen molar-refractivity contribution in [1.29, 1.82) is 0 Å². The fraction of sp³-hybridized carbons (Fsp3) is 0.125. The minimum atomic E-state index is -3.54. The first kappa shape index (κ1) is 9.48. The molecular weight excluding hydrogens is 224 g/mol. The Balaban J connectivity index is 2.54. The Bertz CT molecular complexity index is 561. The Hall–Kier alpha value is -1.07. The highest BCUT2D eigenvalue weighted by Crippen LogP contribution is 2.18. The number of nitrogens with one attached hydrogen (secondary N) is 1. The zero-order valence-electron chi connectivity index (χ0n) is 7.07. The van der Waals surface area contributed by atoms with E-state index in [0.717, 1.165) is 10.9 Å². The summed E-state index contributed by atoms with van der Waals surface area (Å²) >= 11 is 0.